The van der Waals surface area contributed by atoms with Crippen molar-refractivity contribution in [2.45, 2.75) is 31.8 Å². The molecule has 7 nitrogen and oxygen atoms in total. The Hall–Kier alpha value is -2.41. The van der Waals surface area contributed by atoms with Crippen molar-refractivity contribution >= 4 is 11.7 Å². The molecule has 1 aliphatic rings. The Bertz CT molecular complexity index is 661. The normalized spacial score (nSPS) is 18.5. The van der Waals surface area contributed by atoms with E-state index in [1.54, 1.807) is 12.5 Å². The molecule has 25 heavy (non-hydrogen) atoms. The van der Waals surface area contributed by atoms with Crippen LogP contribution in [0.4, 0.5) is 5.82 Å². The predicted molar refractivity (Wildman–Crippen MR) is 95.2 cm³/mol. The van der Waals surface area contributed by atoms with Gasteiger partial charge in [-0.2, -0.15) is 5.10 Å². The third kappa shape index (κ3) is 4.57. The van der Waals surface area contributed by atoms with Crippen LogP contribution in [0.15, 0.2) is 41.1 Å². The molecule has 2 aromatic rings. The van der Waals surface area contributed by atoms with Crippen LogP contribution >= 0.6 is 0 Å². The number of nitrogens with zero attached hydrogens (tertiary/aromatic N) is 4. The molecule has 134 valence electrons. The summed E-state index contributed by atoms with van der Waals surface area (Å²) >= 11 is 0. The fraction of sp³-hybridized carbons (Fsp3) is 0.500. The zero-order chi connectivity index (χ0) is 17.6. The Balaban J connectivity index is 1.50. The highest BCUT2D eigenvalue weighted by atomic mass is 16.3. The van der Waals surface area contributed by atoms with Gasteiger partial charge in [0.1, 0.15) is 5.76 Å². The highest BCUT2D eigenvalue weighted by molar-refractivity contribution is 5.78. The molecule has 1 fully saturated rings. The van der Waals surface area contributed by atoms with Crippen molar-refractivity contribution < 1.29 is 9.21 Å². The summed E-state index contributed by atoms with van der Waals surface area (Å²) in [5.74, 6) is 1.67. The molecule has 1 saturated heterocycles. The van der Waals surface area contributed by atoms with Crippen LogP contribution in [-0.4, -0.2) is 53.7 Å². The molecule has 0 aliphatic carbocycles. The number of furan rings is 1. The maximum absolute atomic E-state index is 12.3. The van der Waals surface area contributed by atoms with Crippen molar-refractivity contribution in [3.05, 3.63) is 42.5 Å². The second-order valence-electron chi connectivity index (χ2n) is 6.57. The average molecular weight is 343 g/mol. The molecule has 0 unspecified atom stereocenters. The zero-order valence-electron chi connectivity index (χ0n) is 14.8. The molecular weight excluding hydrogens is 318 g/mol. The van der Waals surface area contributed by atoms with Crippen LogP contribution in [-0.2, 0) is 4.79 Å². The van der Waals surface area contributed by atoms with Crippen molar-refractivity contribution in [1.82, 2.24) is 20.4 Å². The molecule has 2 atom stereocenters. The van der Waals surface area contributed by atoms with Gasteiger partial charge in [-0.1, -0.05) is 0 Å². The number of hydrogen-bond acceptors (Lipinski definition) is 6. The Morgan fingerprint density at radius 3 is 3.08 bits per heavy atom. The van der Waals surface area contributed by atoms with E-state index in [0.29, 0.717) is 12.6 Å². The van der Waals surface area contributed by atoms with E-state index in [0.717, 1.165) is 37.5 Å². The zero-order valence-corrected chi connectivity index (χ0v) is 14.8. The van der Waals surface area contributed by atoms with Gasteiger partial charge in [-0.15, -0.1) is 5.10 Å². The van der Waals surface area contributed by atoms with E-state index in [2.05, 4.69) is 25.3 Å². The number of hydrogen-bond donors (Lipinski definition) is 1. The van der Waals surface area contributed by atoms with E-state index < -0.39 is 0 Å². The van der Waals surface area contributed by atoms with Gasteiger partial charge in [-0.05, 0) is 51.1 Å². The number of nitrogens with one attached hydrogen (secondary N) is 1. The number of carbonyl (C=O) groups excluding carboxylic acids is 1. The monoisotopic (exact) mass is 343 g/mol. The smallest absolute Gasteiger partial charge is 0.234 e. The van der Waals surface area contributed by atoms with E-state index in [4.69, 9.17) is 4.42 Å². The standard InChI is InChI=1S/C18H25N5O2/c1-14(16-7-5-11-25-16)20-18(24)13-22(2)12-15-6-4-10-23(15)17-8-3-9-19-21-17/h3,5,7-9,11,14-15H,4,6,10,12-13H2,1-2H3,(H,20,24)/t14-,15+/m0/s1. The Morgan fingerprint density at radius 2 is 2.36 bits per heavy atom. The fourth-order valence-electron chi connectivity index (χ4n) is 3.34. The summed E-state index contributed by atoms with van der Waals surface area (Å²) in [6.45, 7) is 4.08. The number of anilines is 1. The Kier molecular flexibility index (Phi) is 5.65. The van der Waals surface area contributed by atoms with Crippen molar-refractivity contribution in [2.75, 3.05) is 31.6 Å². The SMILES string of the molecule is C[C@H](NC(=O)CN(C)C[C@H]1CCCN1c1cccnn1)c1ccco1. The fourth-order valence-corrected chi connectivity index (χ4v) is 3.34. The van der Waals surface area contributed by atoms with Gasteiger partial charge in [0.25, 0.3) is 0 Å². The lowest BCUT2D eigenvalue weighted by molar-refractivity contribution is -0.122. The molecule has 1 aliphatic heterocycles. The maximum atomic E-state index is 12.3. The highest BCUT2D eigenvalue weighted by Gasteiger charge is 2.27. The number of amides is 1. The molecule has 7 heteroatoms. The van der Waals surface area contributed by atoms with Gasteiger partial charge < -0.3 is 14.6 Å². The lowest BCUT2D eigenvalue weighted by atomic mass is 10.2. The third-order valence-corrected chi connectivity index (χ3v) is 4.51. The van der Waals surface area contributed by atoms with Crippen LogP contribution in [0.2, 0.25) is 0 Å². The van der Waals surface area contributed by atoms with E-state index in [1.165, 1.54) is 0 Å². The van der Waals surface area contributed by atoms with Crippen molar-refractivity contribution in [3.63, 3.8) is 0 Å². The summed E-state index contributed by atoms with van der Waals surface area (Å²) < 4.78 is 5.32. The number of aromatic nitrogens is 2. The minimum absolute atomic E-state index is 0.00421. The third-order valence-electron chi connectivity index (χ3n) is 4.51. The van der Waals surface area contributed by atoms with Gasteiger partial charge >= 0.3 is 0 Å². The van der Waals surface area contributed by atoms with Crippen LogP contribution in [0.1, 0.15) is 31.6 Å². The van der Waals surface area contributed by atoms with E-state index in [1.807, 2.05) is 38.2 Å². The molecule has 3 heterocycles. The summed E-state index contributed by atoms with van der Waals surface area (Å²) in [6.07, 6.45) is 5.54. The molecule has 1 amide bonds. The molecule has 0 radical (unpaired) electrons. The highest BCUT2D eigenvalue weighted by Crippen LogP contribution is 2.23. The van der Waals surface area contributed by atoms with Crippen molar-refractivity contribution in [3.8, 4) is 0 Å². The molecule has 3 rings (SSSR count). The van der Waals surface area contributed by atoms with Crippen molar-refractivity contribution in [2.24, 2.45) is 0 Å². The molecule has 0 saturated carbocycles. The summed E-state index contributed by atoms with van der Waals surface area (Å²) in [6, 6.07) is 7.82. The number of rotatable bonds is 7. The quantitative estimate of drug-likeness (QED) is 0.827. The van der Waals surface area contributed by atoms with Gasteiger partial charge in [0, 0.05) is 25.3 Å². The van der Waals surface area contributed by atoms with Crippen LogP contribution in [0.25, 0.3) is 0 Å². The summed E-state index contributed by atoms with van der Waals surface area (Å²) in [4.78, 5) is 16.6. The first-order valence-electron chi connectivity index (χ1n) is 8.69. The largest absolute Gasteiger partial charge is 0.467 e. The van der Waals surface area contributed by atoms with Gasteiger partial charge in [-0.3, -0.25) is 9.69 Å². The number of likely N-dealkylation sites (N-methyl/N-ethyl adjacent to an activating group) is 1. The Labute approximate surface area is 148 Å². The maximum Gasteiger partial charge on any atom is 0.234 e. The van der Waals surface area contributed by atoms with Crippen LogP contribution in [0.5, 0.6) is 0 Å². The lowest BCUT2D eigenvalue weighted by Gasteiger charge is -2.29. The Morgan fingerprint density at radius 1 is 1.48 bits per heavy atom. The van der Waals surface area contributed by atoms with E-state index >= 15 is 0 Å². The second kappa shape index (κ2) is 8.11. The lowest BCUT2D eigenvalue weighted by Crippen LogP contribution is -2.43. The molecule has 1 N–H and O–H groups in total. The molecule has 0 spiro atoms. The summed E-state index contributed by atoms with van der Waals surface area (Å²) in [7, 11) is 1.98. The molecular formula is C18H25N5O2. The molecule has 0 aromatic carbocycles. The van der Waals surface area contributed by atoms with Crippen LogP contribution in [0, 0.1) is 0 Å². The first-order chi connectivity index (χ1) is 12.1. The van der Waals surface area contributed by atoms with E-state index in [9.17, 15) is 4.79 Å². The van der Waals surface area contributed by atoms with Gasteiger partial charge in [-0.25, -0.2) is 0 Å². The summed E-state index contributed by atoms with van der Waals surface area (Å²) in [5, 5.41) is 11.2. The molecule has 0 bridgehead atoms. The van der Waals surface area contributed by atoms with Crippen molar-refractivity contribution in [1.29, 1.82) is 0 Å². The average Bonchev–Trinajstić information content (AvgIpc) is 3.27. The van der Waals surface area contributed by atoms with E-state index in [-0.39, 0.29) is 11.9 Å². The summed E-state index contributed by atoms with van der Waals surface area (Å²) in [5.41, 5.74) is 0. The first kappa shape index (κ1) is 17.4. The van der Waals surface area contributed by atoms with Crippen LogP contribution < -0.4 is 10.2 Å². The second-order valence-corrected chi connectivity index (χ2v) is 6.57. The minimum atomic E-state index is -0.126. The minimum Gasteiger partial charge on any atom is -0.467 e. The molecule has 2 aromatic heterocycles. The first-order valence-corrected chi connectivity index (χ1v) is 8.69. The van der Waals surface area contributed by atoms with Crippen LogP contribution in [0.3, 0.4) is 0 Å². The number of carbonyl (C=O) groups is 1. The predicted octanol–water partition coefficient (Wildman–Crippen LogP) is 1.85. The topological polar surface area (TPSA) is 74.5 Å². The van der Waals surface area contributed by atoms with Gasteiger partial charge in [0.05, 0.1) is 18.8 Å². The van der Waals surface area contributed by atoms with Gasteiger partial charge in [0.2, 0.25) is 5.91 Å². The van der Waals surface area contributed by atoms with Gasteiger partial charge in [0.15, 0.2) is 5.82 Å².